The SMILES string of the molecule is COc1ccc(O)c(/C=N\NC(=O)CNc2ccc(C)cc2)c1. The summed E-state index contributed by atoms with van der Waals surface area (Å²) in [7, 11) is 1.53. The molecule has 6 heteroatoms. The standard InChI is InChI=1S/C17H19N3O3/c1-12-3-5-14(6-4-12)18-11-17(22)20-19-10-13-9-15(23-2)7-8-16(13)21/h3-10,18,21H,11H2,1-2H3,(H,20,22)/b19-10-. The molecule has 0 saturated carbocycles. The smallest absolute Gasteiger partial charge is 0.259 e. The molecule has 0 aliphatic rings. The first kappa shape index (κ1) is 16.4. The van der Waals surface area contributed by atoms with E-state index in [9.17, 15) is 9.90 Å². The second-order valence-corrected chi connectivity index (χ2v) is 4.94. The molecular formula is C17H19N3O3. The van der Waals surface area contributed by atoms with Crippen molar-refractivity contribution in [3.63, 3.8) is 0 Å². The highest BCUT2D eigenvalue weighted by molar-refractivity contribution is 5.86. The van der Waals surface area contributed by atoms with Crippen LogP contribution in [0.5, 0.6) is 11.5 Å². The summed E-state index contributed by atoms with van der Waals surface area (Å²) >= 11 is 0. The van der Waals surface area contributed by atoms with Crippen LogP contribution in [0.1, 0.15) is 11.1 Å². The number of aryl methyl sites for hydroxylation is 1. The molecule has 2 rings (SSSR count). The van der Waals surface area contributed by atoms with Crippen LogP contribution >= 0.6 is 0 Å². The first-order chi connectivity index (χ1) is 11.1. The molecule has 0 atom stereocenters. The number of ether oxygens (including phenoxy) is 1. The first-order valence-electron chi connectivity index (χ1n) is 7.08. The minimum atomic E-state index is -0.288. The van der Waals surface area contributed by atoms with Crippen molar-refractivity contribution in [3.8, 4) is 11.5 Å². The number of amides is 1. The molecule has 0 spiro atoms. The maximum absolute atomic E-state index is 11.7. The molecule has 0 aliphatic carbocycles. The lowest BCUT2D eigenvalue weighted by Crippen LogP contribution is -2.25. The summed E-state index contributed by atoms with van der Waals surface area (Å²) in [5, 5.41) is 16.5. The molecule has 120 valence electrons. The van der Waals surface area contributed by atoms with Gasteiger partial charge in [-0.1, -0.05) is 17.7 Å². The fourth-order valence-corrected chi connectivity index (χ4v) is 1.83. The summed E-state index contributed by atoms with van der Waals surface area (Å²) in [6.45, 7) is 2.10. The highest BCUT2D eigenvalue weighted by Gasteiger charge is 2.02. The van der Waals surface area contributed by atoms with Crippen LogP contribution in [0.25, 0.3) is 0 Å². The van der Waals surface area contributed by atoms with Gasteiger partial charge in [0.15, 0.2) is 0 Å². The topological polar surface area (TPSA) is 83.0 Å². The summed E-state index contributed by atoms with van der Waals surface area (Å²) in [6, 6.07) is 12.5. The lowest BCUT2D eigenvalue weighted by molar-refractivity contribution is -0.119. The molecule has 0 radical (unpaired) electrons. The molecule has 0 fully saturated rings. The van der Waals surface area contributed by atoms with Gasteiger partial charge in [0, 0.05) is 11.3 Å². The second-order valence-electron chi connectivity index (χ2n) is 4.94. The van der Waals surface area contributed by atoms with Gasteiger partial charge in [0.25, 0.3) is 5.91 Å². The van der Waals surface area contributed by atoms with Crippen LogP contribution in [0.3, 0.4) is 0 Å². The van der Waals surface area contributed by atoms with E-state index < -0.39 is 0 Å². The Kier molecular flexibility index (Phi) is 5.57. The normalized spacial score (nSPS) is 10.5. The number of carbonyl (C=O) groups excluding carboxylic acids is 1. The van der Waals surface area contributed by atoms with Crippen LogP contribution in [-0.4, -0.2) is 30.9 Å². The molecule has 6 nitrogen and oxygen atoms in total. The Balaban J connectivity index is 1.85. The van der Waals surface area contributed by atoms with Crippen molar-refractivity contribution in [2.75, 3.05) is 19.0 Å². The molecule has 23 heavy (non-hydrogen) atoms. The Hall–Kier alpha value is -3.02. The number of phenolic OH excluding ortho intramolecular Hbond substituents is 1. The zero-order valence-corrected chi connectivity index (χ0v) is 13.0. The maximum Gasteiger partial charge on any atom is 0.259 e. The Morgan fingerprint density at radius 1 is 1.26 bits per heavy atom. The van der Waals surface area contributed by atoms with Crippen molar-refractivity contribution in [3.05, 3.63) is 53.6 Å². The number of phenols is 1. The van der Waals surface area contributed by atoms with E-state index >= 15 is 0 Å². The average molecular weight is 313 g/mol. The molecule has 2 aromatic rings. The molecule has 3 N–H and O–H groups in total. The van der Waals surface area contributed by atoms with Crippen LogP contribution in [0.15, 0.2) is 47.6 Å². The third-order valence-corrected chi connectivity index (χ3v) is 3.13. The fourth-order valence-electron chi connectivity index (χ4n) is 1.83. The lowest BCUT2D eigenvalue weighted by atomic mass is 10.2. The number of hydrogen-bond donors (Lipinski definition) is 3. The fraction of sp³-hybridized carbons (Fsp3) is 0.176. The van der Waals surface area contributed by atoms with Crippen LogP contribution in [0, 0.1) is 6.92 Å². The Morgan fingerprint density at radius 2 is 2.00 bits per heavy atom. The summed E-state index contributed by atoms with van der Waals surface area (Å²) < 4.78 is 5.06. The van der Waals surface area contributed by atoms with E-state index in [1.165, 1.54) is 19.4 Å². The lowest BCUT2D eigenvalue weighted by Gasteiger charge is -2.06. The van der Waals surface area contributed by atoms with E-state index in [-0.39, 0.29) is 18.2 Å². The van der Waals surface area contributed by atoms with Crippen LogP contribution in [0.4, 0.5) is 5.69 Å². The highest BCUT2D eigenvalue weighted by atomic mass is 16.5. The van der Waals surface area contributed by atoms with Crippen molar-refractivity contribution in [1.29, 1.82) is 0 Å². The number of benzene rings is 2. The molecule has 0 saturated heterocycles. The summed E-state index contributed by atoms with van der Waals surface area (Å²) in [5.41, 5.74) is 4.86. The Labute approximate surface area is 134 Å². The average Bonchev–Trinajstić information content (AvgIpc) is 2.56. The second kappa shape index (κ2) is 7.84. The van der Waals surface area contributed by atoms with E-state index in [1.54, 1.807) is 12.1 Å². The van der Waals surface area contributed by atoms with E-state index in [2.05, 4.69) is 15.8 Å². The predicted molar refractivity (Wildman–Crippen MR) is 90.1 cm³/mol. The van der Waals surface area contributed by atoms with Gasteiger partial charge in [-0.15, -0.1) is 0 Å². The van der Waals surface area contributed by atoms with Crippen LogP contribution < -0.4 is 15.5 Å². The summed E-state index contributed by atoms with van der Waals surface area (Å²) in [6.07, 6.45) is 1.36. The molecule has 0 heterocycles. The minimum Gasteiger partial charge on any atom is -0.507 e. The van der Waals surface area contributed by atoms with Crippen molar-refractivity contribution >= 4 is 17.8 Å². The number of nitrogens with zero attached hydrogens (tertiary/aromatic N) is 1. The van der Waals surface area contributed by atoms with Crippen LogP contribution in [0.2, 0.25) is 0 Å². The van der Waals surface area contributed by atoms with Gasteiger partial charge in [0.1, 0.15) is 11.5 Å². The zero-order chi connectivity index (χ0) is 16.7. The van der Waals surface area contributed by atoms with Gasteiger partial charge in [-0.05, 0) is 37.3 Å². The number of rotatable bonds is 6. The number of carbonyl (C=O) groups is 1. The van der Waals surface area contributed by atoms with Gasteiger partial charge in [0.05, 0.1) is 19.9 Å². The third-order valence-electron chi connectivity index (χ3n) is 3.13. The molecule has 2 aromatic carbocycles. The summed E-state index contributed by atoms with van der Waals surface area (Å²) in [4.78, 5) is 11.7. The van der Waals surface area contributed by atoms with Crippen LogP contribution in [-0.2, 0) is 4.79 Å². The van der Waals surface area contributed by atoms with E-state index in [0.717, 1.165) is 11.3 Å². The van der Waals surface area contributed by atoms with Gasteiger partial charge in [0.2, 0.25) is 0 Å². The number of anilines is 1. The number of aromatic hydroxyl groups is 1. The molecule has 0 bridgehead atoms. The van der Waals surface area contributed by atoms with Crippen molar-refractivity contribution < 1.29 is 14.6 Å². The van der Waals surface area contributed by atoms with Gasteiger partial charge in [-0.2, -0.15) is 5.10 Å². The van der Waals surface area contributed by atoms with E-state index in [0.29, 0.717) is 11.3 Å². The largest absolute Gasteiger partial charge is 0.507 e. The molecule has 0 unspecified atom stereocenters. The zero-order valence-electron chi connectivity index (χ0n) is 13.0. The number of nitrogens with one attached hydrogen (secondary N) is 2. The number of hydrogen-bond acceptors (Lipinski definition) is 5. The Bertz CT molecular complexity index is 697. The number of hydrazone groups is 1. The quantitative estimate of drug-likeness (QED) is 0.564. The minimum absolute atomic E-state index is 0.0570. The maximum atomic E-state index is 11.7. The highest BCUT2D eigenvalue weighted by Crippen LogP contribution is 2.20. The molecule has 1 amide bonds. The van der Waals surface area contributed by atoms with Crippen molar-refractivity contribution in [1.82, 2.24) is 5.43 Å². The number of methoxy groups -OCH3 is 1. The van der Waals surface area contributed by atoms with Gasteiger partial charge in [-0.3, -0.25) is 4.79 Å². The monoisotopic (exact) mass is 313 g/mol. The van der Waals surface area contributed by atoms with Crippen molar-refractivity contribution in [2.24, 2.45) is 5.10 Å². The van der Waals surface area contributed by atoms with Crippen molar-refractivity contribution in [2.45, 2.75) is 6.92 Å². The van der Waals surface area contributed by atoms with E-state index in [4.69, 9.17) is 4.74 Å². The summed E-state index contributed by atoms with van der Waals surface area (Å²) in [5.74, 6) is 0.363. The van der Waals surface area contributed by atoms with E-state index in [1.807, 2.05) is 31.2 Å². The van der Waals surface area contributed by atoms with Gasteiger partial charge < -0.3 is 15.2 Å². The first-order valence-corrected chi connectivity index (χ1v) is 7.08. The van der Waals surface area contributed by atoms with Gasteiger partial charge >= 0.3 is 0 Å². The molecule has 0 aliphatic heterocycles. The van der Waals surface area contributed by atoms with Gasteiger partial charge in [-0.25, -0.2) is 5.43 Å². The Morgan fingerprint density at radius 3 is 2.70 bits per heavy atom. The molecular weight excluding hydrogens is 294 g/mol. The third kappa shape index (κ3) is 5.03. The predicted octanol–water partition coefficient (Wildman–Crippen LogP) is 2.27. The molecule has 0 aromatic heterocycles.